The summed E-state index contributed by atoms with van der Waals surface area (Å²) >= 11 is 0. The van der Waals surface area contributed by atoms with Gasteiger partial charge in [0.1, 0.15) is 0 Å². The van der Waals surface area contributed by atoms with Crippen molar-refractivity contribution in [1.29, 1.82) is 0 Å². The average Bonchev–Trinajstić information content (AvgIpc) is 2.40. The normalized spacial score (nSPS) is 24.0. The van der Waals surface area contributed by atoms with E-state index in [-0.39, 0.29) is 0 Å². The molecule has 0 aliphatic carbocycles. The van der Waals surface area contributed by atoms with Crippen molar-refractivity contribution in [2.24, 2.45) is 5.41 Å². The van der Waals surface area contributed by atoms with Crippen LogP contribution in [0.5, 0.6) is 0 Å². The molecule has 0 aromatic heterocycles. The van der Waals surface area contributed by atoms with Crippen LogP contribution in [-0.4, -0.2) is 25.2 Å². The highest BCUT2D eigenvalue weighted by Crippen LogP contribution is 2.29. The lowest BCUT2D eigenvalue weighted by Crippen LogP contribution is -2.60. The van der Waals surface area contributed by atoms with Gasteiger partial charge >= 0.3 is 0 Å². The third-order valence-electron chi connectivity index (χ3n) is 4.76. The van der Waals surface area contributed by atoms with E-state index >= 15 is 0 Å². The Hall–Kier alpha value is -1.02. The van der Waals surface area contributed by atoms with Crippen molar-refractivity contribution in [2.45, 2.75) is 60.0 Å². The predicted molar refractivity (Wildman–Crippen MR) is 88.6 cm³/mol. The first-order chi connectivity index (χ1) is 9.32. The van der Waals surface area contributed by atoms with Crippen LogP contribution < -0.4 is 10.2 Å². The summed E-state index contributed by atoms with van der Waals surface area (Å²) in [6.45, 7) is 15.9. The zero-order valence-corrected chi connectivity index (χ0v) is 14.0. The van der Waals surface area contributed by atoms with Gasteiger partial charge in [-0.3, -0.25) is 0 Å². The van der Waals surface area contributed by atoms with Crippen LogP contribution in [0.15, 0.2) is 18.2 Å². The number of nitrogens with one attached hydrogen (secondary N) is 1. The minimum absolute atomic E-state index is 0.302. The minimum Gasteiger partial charge on any atom is -0.366 e. The van der Waals surface area contributed by atoms with Crippen LogP contribution in [0.4, 0.5) is 5.69 Å². The van der Waals surface area contributed by atoms with E-state index in [1.165, 1.54) is 23.2 Å². The van der Waals surface area contributed by atoms with E-state index in [1.807, 2.05) is 0 Å². The van der Waals surface area contributed by atoms with Gasteiger partial charge in [-0.05, 0) is 48.9 Å². The van der Waals surface area contributed by atoms with Crippen LogP contribution in [0.2, 0.25) is 0 Å². The predicted octanol–water partition coefficient (Wildman–Crippen LogP) is 3.91. The van der Waals surface area contributed by atoms with Crippen LogP contribution in [-0.2, 0) is 0 Å². The molecule has 2 heteroatoms. The van der Waals surface area contributed by atoms with Gasteiger partial charge in [-0.2, -0.15) is 0 Å². The van der Waals surface area contributed by atoms with Gasteiger partial charge in [0.25, 0.3) is 0 Å². The lowest BCUT2D eigenvalue weighted by molar-refractivity contribution is 0.233. The van der Waals surface area contributed by atoms with Crippen molar-refractivity contribution in [1.82, 2.24) is 5.32 Å². The Labute approximate surface area is 124 Å². The summed E-state index contributed by atoms with van der Waals surface area (Å²) < 4.78 is 0. The van der Waals surface area contributed by atoms with Gasteiger partial charge in [0.05, 0.1) is 0 Å². The highest BCUT2D eigenvalue weighted by molar-refractivity contribution is 5.52. The van der Waals surface area contributed by atoms with E-state index < -0.39 is 0 Å². The van der Waals surface area contributed by atoms with Gasteiger partial charge < -0.3 is 10.2 Å². The van der Waals surface area contributed by atoms with Gasteiger partial charge in [-0.15, -0.1) is 0 Å². The monoisotopic (exact) mass is 274 g/mol. The number of benzene rings is 1. The fourth-order valence-corrected chi connectivity index (χ4v) is 2.96. The Balaban J connectivity index is 2.27. The molecule has 0 amide bonds. The molecular weight excluding hydrogens is 244 g/mol. The first-order valence-corrected chi connectivity index (χ1v) is 7.90. The average molecular weight is 274 g/mol. The Kier molecular flexibility index (Phi) is 4.43. The lowest BCUT2D eigenvalue weighted by Gasteiger charge is -2.46. The molecule has 1 aromatic carbocycles. The number of rotatable bonds is 2. The maximum atomic E-state index is 3.74. The van der Waals surface area contributed by atoms with E-state index in [0.717, 1.165) is 13.1 Å². The zero-order valence-electron chi connectivity index (χ0n) is 14.0. The number of nitrogens with zero attached hydrogens (tertiary/aromatic N) is 1. The fourth-order valence-electron chi connectivity index (χ4n) is 2.96. The number of hydrogen-bond donors (Lipinski definition) is 1. The summed E-state index contributed by atoms with van der Waals surface area (Å²) in [6.07, 6.45) is 1.19. The van der Waals surface area contributed by atoms with Crippen molar-refractivity contribution in [3.63, 3.8) is 0 Å². The molecule has 1 heterocycles. The molecule has 1 fully saturated rings. The molecule has 0 saturated carbocycles. The van der Waals surface area contributed by atoms with Crippen LogP contribution in [0.25, 0.3) is 0 Å². The second-order valence-corrected chi connectivity index (χ2v) is 7.31. The molecule has 0 bridgehead atoms. The maximum absolute atomic E-state index is 3.74. The number of piperazine rings is 1. The van der Waals surface area contributed by atoms with E-state index in [1.54, 1.807) is 0 Å². The van der Waals surface area contributed by atoms with Gasteiger partial charge in [-0.25, -0.2) is 0 Å². The van der Waals surface area contributed by atoms with Gasteiger partial charge in [0.15, 0.2) is 0 Å². The van der Waals surface area contributed by atoms with Gasteiger partial charge in [-0.1, -0.05) is 33.8 Å². The first kappa shape index (κ1) is 15.4. The van der Waals surface area contributed by atoms with Crippen LogP contribution in [0, 0.1) is 19.3 Å². The molecule has 2 nitrogen and oxygen atoms in total. The molecule has 0 radical (unpaired) electrons. The molecule has 2 atom stereocenters. The second-order valence-electron chi connectivity index (χ2n) is 7.31. The molecule has 1 aromatic rings. The van der Waals surface area contributed by atoms with Crippen LogP contribution >= 0.6 is 0 Å². The molecule has 0 spiro atoms. The number of anilines is 1. The molecule has 1 saturated heterocycles. The summed E-state index contributed by atoms with van der Waals surface area (Å²) in [4.78, 5) is 2.61. The van der Waals surface area contributed by atoms with E-state index in [0.29, 0.717) is 17.5 Å². The molecule has 1 aliphatic rings. The van der Waals surface area contributed by atoms with E-state index in [4.69, 9.17) is 0 Å². The Morgan fingerprint density at radius 3 is 2.45 bits per heavy atom. The van der Waals surface area contributed by atoms with Gasteiger partial charge in [0, 0.05) is 30.9 Å². The quantitative estimate of drug-likeness (QED) is 0.879. The summed E-state index contributed by atoms with van der Waals surface area (Å²) in [5.41, 5.74) is 4.46. The van der Waals surface area contributed by atoms with Crippen LogP contribution in [0.3, 0.4) is 0 Å². The third-order valence-corrected chi connectivity index (χ3v) is 4.76. The summed E-state index contributed by atoms with van der Waals surface area (Å²) in [5.74, 6) is 0. The Morgan fingerprint density at radius 2 is 1.90 bits per heavy atom. The Morgan fingerprint density at radius 1 is 1.20 bits per heavy atom. The maximum Gasteiger partial charge on any atom is 0.0412 e. The molecule has 1 aliphatic heterocycles. The van der Waals surface area contributed by atoms with Crippen molar-refractivity contribution in [3.8, 4) is 0 Å². The smallest absolute Gasteiger partial charge is 0.0412 e. The lowest BCUT2D eigenvalue weighted by atomic mass is 9.84. The standard InChI is InChI=1S/C18H30N2/c1-7-15-11-19-17(18(4,5)6)12-20(15)16-9-8-13(2)14(3)10-16/h8-10,15,17,19H,7,11-12H2,1-6H3. The van der Waals surface area contributed by atoms with Crippen molar-refractivity contribution in [3.05, 3.63) is 29.3 Å². The Bertz CT molecular complexity index is 459. The molecule has 2 unspecified atom stereocenters. The highest BCUT2D eigenvalue weighted by Gasteiger charge is 2.33. The van der Waals surface area contributed by atoms with Crippen molar-refractivity contribution in [2.75, 3.05) is 18.0 Å². The summed E-state index contributed by atoms with van der Waals surface area (Å²) in [6, 6.07) is 8.05. The molecule has 2 rings (SSSR count). The number of hydrogen-bond acceptors (Lipinski definition) is 2. The van der Waals surface area contributed by atoms with Crippen LogP contribution in [0.1, 0.15) is 45.2 Å². The summed E-state index contributed by atoms with van der Waals surface area (Å²) in [7, 11) is 0. The topological polar surface area (TPSA) is 15.3 Å². The SMILES string of the molecule is CCC1CNC(C(C)(C)C)CN1c1ccc(C)c(C)c1. The molecule has 1 N–H and O–H groups in total. The molecule has 112 valence electrons. The van der Waals surface area contributed by atoms with E-state index in [9.17, 15) is 0 Å². The molecule has 20 heavy (non-hydrogen) atoms. The van der Waals surface area contributed by atoms with Crippen molar-refractivity contribution >= 4 is 5.69 Å². The number of aryl methyl sites for hydroxylation is 2. The second kappa shape index (κ2) is 5.77. The fraction of sp³-hybridized carbons (Fsp3) is 0.667. The largest absolute Gasteiger partial charge is 0.366 e. The minimum atomic E-state index is 0.302. The molecular formula is C18H30N2. The van der Waals surface area contributed by atoms with Gasteiger partial charge in [0.2, 0.25) is 0 Å². The zero-order chi connectivity index (χ0) is 14.9. The summed E-state index contributed by atoms with van der Waals surface area (Å²) in [5, 5.41) is 3.74. The first-order valence-electron chi connectivity index (χ1n) is 7.90. The van der Waals surface area contributed by atoms with E-state index in [2.05, 4.69) is 70.0 Å². The highest BCUT2D eigenvalue weighted by atomic mass is 15.2. The van der Waals surface area contributed by atoms with Crippen molar-refractivity contribution < 1.29 is 0 Å². The third kappa shape index (κ3) is 3.17.